The number of benzene rings is 2. The van der Waals surface area contributed by atoms with Gasteiger partial charge in [-0.3, -0.25) is 4.79 Å². The van der Waals surface area contributed by atoms with E-state index in [0.717, 1.165) is 18.8 Å². The van der Waals surface area contributed by atoms with Gasteiger partial charge in [-0.25, -0.2) is 0 Å². The highest BCUT2D eigenvalue weighted by atomic mass is 35.5. The van der Waals surface area contributed by atoms with Gasteiger partial charge in [-0.1, -0.05) is 60.2 Å². The number of halogens is 1. The molecule has 1 saturated heterocycles. The zero-order chi connectivity index (χ0) is 17.6. The molecule has 0 radical (unpaired) electrons. The standard InChI is InChI=1S/C21H26N2OS.ClH/c1-16-6-5-7-17(10-16)14-25-15-21(24)23-12-19(11-22)20(13-23)18-8-3-2-4-9-18;/h2-10,19-20H,11-15,22H2,1H3;1H/t19-,20+;/m1./s1. The number of amides is 1. The van der Waals surface area contributed by atoms with E-state index in [1.54, 1.807) is 11.8 Å². The van der Waals surface area contributed by atoms with Gasteiger partial charge in [-0.15, -0.1) is 24.2 Å². The van der Waals surface area contributed by atoms with Crippen LogP contribution in [0, 0.1) is 12.8 Å². The zero-order valence-electron chi connectivity index (χ0n) is 15.1. The predicted molar refractivity (Wildman–Crippen MR) is 113 cm³/mol. The van der Waals surface area contributed by atoms with E-state index in [1.165, 1.54) is 16.7 Å². The molecule has 0 aliphatic carbocycles. The summed E-state index contributed by atoms with van der Waals surface area (Å²) in [6.45, 7) is 4.29. The lowest BCUT2D eigenvalue weighted by molar-refractivity contribution is -0.127. The molecule has 5 heteroatoms. The third kappa shape index (κ3) is 5.26. The van der Waals surface area contributed by atoms with Crippen molar-refractivity contribution >= 4 is 30.1 Å². The van der Waals surface area contributed by atoms with Crippen molar-refractivity contribution in [3.63, 3.8) is 0 Å². The van der Waals surface area contributed by atoms with Crippen molar-refractivity contribution in [1.82, 2.24) is 4.90 Å². The van der Waals surface area contributed by atoms with Gasteiger partial charge < -0.3 is 10.6 Å². The molecule has 140 valence electrons. The first kappa shape index (κ1) is 20.8. The van der Waals surface area contributed by atoms with Gasteiger partial charge in [0.25, 0.3) is 0 Å². The molecule has 0 aromatic heterocycles. The number of carbonyl (C=O) groups is 1. The second kappa shape index (κ2) is 10.0. The first-order valence-electron chi connectivity index (χ1n) is 8.83. The summed E-state index contributed by atoms with van der Waals surface area (Å²) in [6, 6.07) is 18.9. The minimum atomic E-state index is 0. The van der Waals surface area contributed by atoms with Crippen molar-refractivity contribution in [2.75, 3.05) is 25.4 Å². The van der Waals surface area contributed by atoms with Crippen molar-refractivity contribution in [3.8, 4) is 0 Å². The molecule has 2 atom stereocenters. The highest BCUT2D eigenvalue weighted by molar-refractivity contribution is 7.99. The van der Waals surface area contributed by atoms with Crippen molar-refractivity contribution in [2.45, 2.75) is 18.6 Å². The lowest BCUT2D eigenvalue weighted by Gasteiger charge is -2.16. The van der Waals surface area contributed by atoms with Crippen LogP contribution in [-0.2, 0) is 10.5 Å². The molecule has 0 spiro atoms. The number of rotatable bonds is 6. The number of carbonyl (C=O) groups excluding carboxylic acids is 1. The Hall–Kier alpha value is -1.49. The maximum absolute atomic E-state index is 12.6. The SMILES string of the molecule is Cc1cccc(CSCC(=O)N2C[C@@H](CN)[C@H](c3ccccc3)C2)c1.Cl. The Morgan fingerprint density at radius 1 is 1.15 bits per heavy atom. The fraction of sp³-hybridized carbons (Fsp3) is 0.381. The highest BCUT2D eigenvalue weighted by Gasteiger charge is 2.34. The molecule has 1 amide bonds. The first-order valence-corrected chi connectivity index (χ1v) is 9.99. The molecule has 3 rings (SSSR count). The molecule has 2 N–H and O–H groups in total. The summed E-state index contributed by atoms with van der Waals surface area (Å²) in [5.74, 6) is 2.36. The average Bonchev–Trinajstić information content (AvgIpc) is 3.07. The van der Waals surface area contributed by atoms with E-state index >= 15 is 0 Å². The molecular formula is C21H27ClN2OS. The minimum Gasteiger partial charge on any atom is -0.341 e. The molecule has 3 nitrogen and oxygen atoms in total. The lowest BCUT2D eigenvalue weighted by atomic mass is 9.89. The van der Waals surface area contributed by atoms with Gasteiger partial charge in [0.2, 0.25) is 5.91 Å². The molecule has 1 heterocycles. The zero-order valence-corrected chi connectivity index (χ0v) is 16.8. The summed E-state index contributed by atoms with van der Waals surface area (Å²) < 4.78 is 0. The molecule has 1 aliphatic heterocycles. The van der Waals surface area contributed by atoms with E-state index < -0.39 is 0 Å². The normalized spacial score (nSPS) is 19.2. The van der Waals surface area contributed by atoms with Crippen LogP contribution in [0.2, 0.25) is 0 Å². The Morgan fingerprint density at radius 3 is 2.62 bits per heavy atom. The van der Waals surface area contributed by atoms with Crippen molar-refractivity contribution in [2.24, 2.45) is 11.7 Å². The molecule has 0 bridgehead atoms. The predicted octanol–water partition coefficient (Wildman–Crippen LogP) is 3.85. The van der Waals surface area contributed by atoms with Crippen molar-refractivity contribution in [3.05, 3.63) is 71.3 Å². The Kier molecular flexibility index (Phi) is 8.01. The molecule has 2 aromatic rings. The van der Waals surface area contributed by atoms with Crippen LogP contribution >= 0.6 is 24.2 Å². The summed E-state index contributed by atoms with van der Waals surface area (Å²) in [5, 5.41) is 0. The van der Waals surface area contributed by atoms with Crippen molar-refractivity contribution in [1.29, 1.82) is 0 Å². The highest BCUT2D eigenvalue weighted by Crippen LogP contribution is 2.32. The van der Waals surface area contributed by atoms with Crippen molar-refractivity contribution < 1.29 is 4.79 Å². The molecule has 1 fully saturated rings. The minimum absolute atomic E-state index is 0. The molecule has 26 heavy (non-hydrogen) atoms. The number of likely N-dealkylation sites (tertiary alicyclic amines) is 1. The van der Waals surface area contributed by atoms with E-state index in [2.05, 4.69) is 55.5 Å². The third-order valence-corrected chi connectivity index (χ3v) is 5.89. The third-order valence-electron chi connectivity index (χ3n) is 4.90. The second-order valence-corrected chi connectivity index (χ2v) is 7.78. The number of thioether (sulfide) groups is 1. The summed E-state index contributed by atoms with van der Waals surface area (Å²) in [4.78, 5) is 14.6. The van der Waals surface area contributed by atoms with Gasteiger partial charge in [-0.05, 0) is 30.5 Å². The summed E-state index contributed by atoms with van der Waals surface area (Å²) >= 11 is 1.69. The Morgan fingerprint density at radius 2 is 1.92 bits per heavy atom. The van der Waals surface area contributed by atoms with Gasteiger partial charge in [0.05, 0.1) is 5.75 Å². The second-order valence-electron chi connectivity index (χ2n) is 6.79. The van der Waals surface area contributed by atoms with E-state index in [4.69, 9.17) is 5.73 Å². The van der Waals surface area contributed by atoms with Crippen LogP contribution in [0.5, 0.6) is 0 Å². The largest absolute Gasteiger partial charge is 0.341 e. The first-order chi connectivity index (χ1) is 12.2. The van der Waals surface area contributed by atoms with E-state index in [0.29, 0.717) is 24.1 Å². The Balaban J connectivity index is 0.00000243. The summed E-state index contributed by atoms with van der Waals surface area (Å²) in [7, 11) is 0. The van der Waals surface area contributed by atoms with E-state index in [9.17, 15) is 4.79 Å². The van der Waals surface area contributed by atoms with Crippen LogP contribution in [0.25, 0.3) is 0 Å². The summed E-state index contributed by atoms with van der Waals surface area (Å²) in [6.07, 6.45) is 0. The van der Waals surface area contributed by atoms with E-state index in [1.807, 2.05) is 11.0 Å². The van der Waals surface area contributed by atoms with Crippen LogP contribution < -0.4 is 5.73 Å². The maximum Gasteiger partial charge on any atom is 0.232 e. The Bertz CT molecular complexity index is 710. The van der Waals surface area contributed by atoms with Crippen LogP contribution in [0.15, 0.2) is 54.6 Å². The number of hydrogen-bond donors (Lipinski definition) is 1. The van der Waals surface area contributed by atoms with Crippen LogP contribution in [0.4, 0.5) is 0 Å². The molecular weight excluding hydrogens is 364 g/mol. The number of hydrogen-bond acceptors (Lipinski definition) is 3. The number of nitrogens with two attached hydrogens (primary N) is 1. The lowest BCUT2D eigenvalue weighted by Crippen LogP contribution is -2.31. The Labute approximate surface area is 166 Å². The van der Waals surface area contributed by atoms with Gasteiger partial charge in [-0.2, -0.15) is 0 Å². The quantitative estimate of drug-likeness (QED) is 0.814. The van der Waals surface area contributed by atoms with Crippen LogP contribution in [0.1, 0.15) is 22.6 Å². The molecule has 0 unspecified atom stereocenters. The van der Waals surface area contributed by atoms with Gasteiger partial charge in [0.1, 0.15) is 0 Å². The van der Waals surface area contributed by atoms with Gasteiger partial charge in [0, 0.05) is 24.8 Å². The average molecular weight is 391 g/mol. The molecule has 2 aromatic carbocycles. The topological polar surface area (TPSA) is 46.3 Å². The van der Waals surface area contributed by atoms with Gasteiger partial charge >= 0.3 is 0 Å². The number of aryl methyl sites for hydroxylation is 1. The van der Waals surface area contributed by atoms with Crippen LogP contribution in [0.3, 0.4) is 0 Å². The molecule has 1 aliphatic rings. The fourth-order valence-corrected chi connectivity index (χ4v) is 4.42. The fourth-order valence-electron chi connectivity index (χ4n) is 3.54. The maximum atomic E-state index is 12.6. The van der Waals surface area contributed by atoms with Gasteiger partial charge in [0.15, 0.2) is 0 Å². The smallest absolute Gasteiger partial charge is 0.232 e. The monoisotopic (exact) mass is 390 g/mol. The number of nitrogens with zero attached hydrogens (tertiary/aromatic N) is 1. The molecule has 0 saturated carbocycles. The summed E-state index contributed by atoms with van der Waals surface area (Å²) in [5.41, 5.74) is 9.81. The van der Waals surface area contributed by atoms with Crippen LogP contribution in [-0.4, -0.2) is 36.2 Å². The van der Waals surface area contributed by atoms with E-state index in [-0.39, 0.29) is 18.3 Å².